The molecule has 0 spiro atoms. The molecule has 0 bridgehead atoms. The lowest BCUT2D eigenvalue weighted by atomic mass is 9.68. The molecule has 0 nitrogen and oxygen atoms in total. The summed E-state index contributed by atoms with van der Waals surface area (Å²) in [5.41, 5.74) is 3.90. The number of rotatable bonds is 8. The van der Waals surface area contributed by atoms with Gasteiger partial charge in [-0.25, -0.2) is 0 Å². The first-order chi connectivity index (χ1) is 15.6. The second-order valence-electron chi connectivity index (χ2n) is 13.5. The fraction of sp³-hybridized carbons (Fsp3) is 0.879. The van der Waals surface area contributed by atoms with Crippen LogP contribution in [0.3, 0.4) is 0 Å². The molecule has 33 heavy (non-hydrogen) atoms. The van der Waals surface area contributed by atoms with Gasteiger partial charge in [0.15, 0.2) is 0 Å². The first-order valence-corrected chi connectivity index (χ1v) is 14.9. The Kier molecular flexibility index (Phi) is 11.8. The van der Waals surface area contributed by atoms with Crippen LogP contribution in [0.25, 0.3) is 0 Å². The molecular weight excluding hydrogens is 396 g/mol. The minimum atomic E-state index is 0.449. The lowest BCUT2D eigenvalue weighted by Crippen LogP contribution is -2.28. The molecule has 7 unspecified atom stereocenters. The Labute approximate surface area is 209 Å². The van der Waals surface area contributed by atoms with Crippen molar-refractivity contribution in [1.29, 1.82) is 0 Å². The van der Waals surface area contributed by atoms with E-state index in [-0.39, 0.29) is 0 Å². The average molecular weight is 457 g/mol. The Bertz CT molecular complexity index is 608. The highest BCUT2D eigenvalue weighted by atomic mass is 14.5. The third-order valence-corrected chi connectivity index (χ3v) is 10.4. The standard InChI is InChI=1S/C33H60/c1-10-14-25(4)31(20-30-19-18-24(3)16-12-13-17-26(30)5)22-32-21-29(15-11-2)27(6)23-33(8,9)28(32)7/h10,24,26-30,32H,1,11-23H2,2-9H3. The SMILES string of the molecule is C=CCC(C)=C(CC1CCC(C)CCCCC1C)CC1CC(CCC)C(C)CC(C)(C)C1C. The monoisotopic (exact) mass is 456 g/mol. The van der Waals surface area contributed by atoms with Crippen LogP contribution in [-0.2, 0) is 0 Å². The summed E-state index contributed by atoms with van der Waals surface area (Å²) >= 11 is 0. The van der Waals surface area contributed by atoms with E-state index in [1.165, 1.54) is 77.0 Å². The molecule has 0 aromatic heterocycles. The first kappa shape index (κ1) is 28.7. The fourth-order valence-corrected chi connectivity index (χ4v) is 7.53. The van der Waals surface area contributed by atoms with Crippen LogP contribution in [0.1, 0.15) is 139 Å². The second-order valence-corrected chi connectivity index (χ2v) is 13.5. The zero-order valence-electron chi connectivity index (χ0n) is 24.0. The molecule has 0 heteroatoms. The van der Waals surface area contributed by atoms with E-state index in [4.69, 9.17) is 0 Å². The molecule has 7 atom stereocenters. The van der Waals surface area contributed by atoms with E-state index in [2.05, 4.69) is 68.0 Å². The van der Waals surface area contributed by atoms with Crippen molar-refractivity contribution in [3.63, 3.8) is 0 Å². The van der Waals surface area contributed by atoms with Crippen molar-refractivity contribution < 1.29 is 0 Å². The molecule has 2 aliphatic rings. The third-order valence-electron chi connectivity index (χ3n) is 10.4. The minimum Gasteiger partial charge on any atom is -0.103 e. The van der Waals surface area contributed by atoms with Crippen LogP contribution in [-0.4, -0.2) is 0 Å². The van der Waals surface area contributed by atoms with Crippen LogP contribution in [0.5, 0.6) is 0 Å². The van der Waals surface area contributed by atoms with Gasteiger partial charge in [0, 0.05) is 0 Å². The van der Waals surface area contributed by atoms with Gasteiger partial charge in [0.2, 0.25) is 0 Å². The van der Waals surface area contributed by atoms with Gasteiger partial charge in [0.05, 0.1) is 0 Å². The van der Waals surface area contributed by atoms with Gasteiger partial charge in [-0.1, -0.05) is 111 Å². The van der Waals surface area contributed by atoms with Gasteiger partial charge in [-0.05, 0) is 92.3 Å². The van der Waals surface area contributed by atoms with Crippen LogP contribution in [0.15, 0.2) is 23.8 Å². The van der Waals surface area contributed by atoms with Crippen LogP contribution < -0.4 is 0 Å². The van der Waals surface area contributed by atoms with E-state index in [0.717, 1.165) is 47.8 Å². The summed E-state index contributed by atoms with van der Waals surface area (Å²) < 4.78 is 0. The molecule has 0 aliphatic heterocycles. The van der Waals surface area contributed by atoms with Gasteiger partial charge in [-0.2, -0.15) is 0 Å². The molecule has 0 aromatic carbocycles. The van der Waals surface area contributed by atoms with Gasteiger partial charge in [0.25, 0.3) is 0 Å². The van der Waals surface area contributed by atoms with Crippen LogP contribution in [0.4, 0.5) is 0 Å². The number of hydrogen-bond donors (Lipinski definition) is 0. The predicted molar refractivity (Wildman–Crippen MR) is 149 cm³/mol. The summed E-state index contributed by atoms with van der Waals surface area (Å²) in [4.78, 5) is 0. The van der Waals surface area contributed by atoms with Gasteiger partial charge in [-0.3, -0.25) is 0 Å². The highest BCUT2D eigenvalue weighted by Gasteiger charge is 2.40. The van der Waals surface area contributed by atoms with Crippen molar-refractivity contribution in [2.24, 2.45) is 46.8 Å². The van der Waals surface area contributed by atoms with E-state index in [1.807, 2.05) is 5.57 Å². The fourth-order valence-electron chi connectivity index (χ4n) is 7.53. The van der Waals surface area contributed by atoms with Gasteiger partial charge in [0.1, 0.15) is 0 Å². The summed E-state index contributed by atoms with van der Waals surface area (Å²) in [7, 11) is 0. The van der Waals surface area contributed by atoms with E-state index < -0.39 is 0 Å². The maximum Gasteiger partial charge on any atom is -0.0142 e. The maximum atomic E-state index is 4.11. The van der Waals surface area contributed by atoms with Crippen LogP contribution in [0, 0.1) is 46.8 Å². The summed E-state index contributed by atoms with van der Waals surface area (Å²) in [6.45, 7) is 24.3. The third kappa shape index (κ3) is 8.58. The van der Waals surface area contributed by atoms with Crippen molar-refractivity contribution in [2.75, 3.05) is 0 Å². The van der Waals surface area contributed by atoms with Crippen molar-refractivity contribution in [3.8, 4) is 0 Å². The van der Waals surface area contributed by atoms with Crippen LogP contribution >= 0.6 is 0 Å². The summed E-state index contributed by atoms with van der Waals surface area (Å²) in [5, 5.41) is 0. The molecule has 2 fully saturated rings. The molecule has 0 aromatic rings. The highest BCUT2D eigenvalue weighted by molar-refractivity contribution is 5.17. The van der Waals surface area contributed by atoms with E-state index in [9.17, 15) is 0 Å². The largest absolute Gasteiger partial charge is 0.103 e. The summed E-state index contributed by atoms with van der Waals surface area (Å²) in [6, 6.07) is 0. The zero-order valence-corrected chi connectivity index (χ0v) is 24.0. The second kappa shape index (κ2) is 13.5. The van der Waals surface area contributed by atoms with Crippen molar-refractivity contribution in [2.45, 2.75) is 139 Å². The molecule has 0 amide bonds. The Balaban J connectivity index is 2.28. The number of hydrogen-bond acceptors (Lipinski definition) is 0. The Hall–Kier alpha value is -0.520. The van der Waals surface area contributed by atoms with E-state index in [0.29, 0.717) is 5.41 Å². The van der Waals surface area contributed by atoms with Crippen molar-refractivity contribution in [1.82, 2.24) is 0 Å². The Morgan fingerprint density at radius 2 is 1.55 bits per heavy atom. The van der Waals surface area contributed by atoms with Crippen molar-refractivity contribution >= 4 is 0 Å². The molecule has 0 saturated heterocycles. The van der Waals surface area contributed by atoms with E-state index in [1.54, 1.807) is 5.57 Å². The lowest BCUT2D eigenvalue weighted by Gasteiger charge is -2.37. The predicted octanol–water partition coefficient (Wildman–Crippen LogP) is 11.0. The van der Waals surface area contributed by atoms with Gasteiger partial charge in [-0.15, -0.1) is 6.58 Å². The Morgan fingerprint density at radius 3 is 2.21 bits per heavy atom. The maximum absolute atomic E-state index is 4.11. The molecule has 192 valence electrons. The normalized spacial score (nSPS) is 36.7. The highest BCUT2D eigenvalue weighted by Crippen LogP contribution is 2.50. The summed E-state index contributed by atoms with van der Waals surface area (Å²) in [5.74, 6) is 6.07. The van der Waals surface area contributed by atoms with Crippen LogP contribution in [0.2, 0.25) is 0 Å². The van der Waals surface area contributed by atoms with E-state index >= 15 is 0 Å². The molecule has 2 aliphatic carbocycles. The van der Waals surface area contributed by atoms with Gasteiger partial charge >= 0.3 is 0 Å². The molecule has 2 saturated carbocycles. The van der Waals surface area contributed by atoms with Gasteiger partial charge < -0.3 is 0 Å². The quantitative estimate of drug-likeness (QED) is 0.251. The Morgan fingerprint density at radius 1 is 0.879 bits per heavy atom. The number of allylic oxidation sites excluding steroid dienone is 3. The smallest absolute Gasteiger partial charge is 0.0142 e. The molecule has 0 heterocycles. The summed E-state index contributed by atoms with van der Waals surface area (Å²) in [6.07, 6.45) is 20.2. The molecule has 0 N–H and O–H groups in total. The molecular formula is C33H60. The molecule has 0 radical (unpaired) electrons. The molecule has 2 rings (SSSR count). The zero-order chi connectivity index (χ0) is 24.6. The average Bonchev–Trinajstić information content (AvgIpc) is 2.79. The topological polar surface area (TPSA) is 0 Å². The van der Waals surface area contributed by atoms with Crippen molar-refractivity contribution in [3.05, 3.63) is 23.8 Å². The minimum absolute atomic E-state index is 0.449. The lowest BCUT2D eigenvalue weighted by molar-refractivity contribution is 0.146. The first-order valence-electron chi connectivity index (χ1n) is 14.9.